The standard InChI is InChI=1S/C18H23N3O3S/c19-25(23,24)11-12-8-9-21(10-12)18(22)15-6-3-5-14-13-4-1-2-7-16(13)20-17(14)15/h3,5-6,12,20H,1-2,4,7-11H2,(H2,19,23,24)/t12-/m1/s1. The van der Waals surface area contributed by atoms with Crippen molar-refractivity contribution in [2.24, 2.45) is 11.1 Å². The molecular formula is C18H23N3O3S. The number of carbonyl (C=O) groups excluding carboxylic acids is 1. The Labute approximate surface area is 147 Å². The molecule has 0 bridgehead atoms. The molecule has 1 atom stereocenters. The molecule has 1 amide bonds. The number of fused-ring (bicyclic) bond motifs is 3. The number of rotatable bonds is 3. The number of nitrogens with one attached hydrogen (secondary N) is 1. The highest BCUT2D eigenvalue weighted by atomic mass is 32.2. The third kappa shape index (κ3) is 3.18. The average molecular weight is 361 g/mol. The summed E-state index contributed by atoms with van der Waals surface area (Å²) < 4.78 is 22.6. The molecule has 2 aliphatic rings. The second-order valence-electron chi connectivity index (χ2n) is 7.25. The molecule has 2 heterocycles. The molecule has 6 nitrogen and oxygen atoms in total. The number of aryl methyl sites for hydroxylation is 2. The third-order valence-electron chi connectivity index (χ3n) is 5.40. The maximum absolute atomic E-state index is 13.0. The number of amides is 1. The summed E-state index contributed by atoms with van der Waals surface area (Å²) in [6.07, 6.45) is 5.16. The van der Waals surface area contributed by atoms with Crippen LogP contribution in [0.3, 0.4) is 0 Å². The molecule has 1 saturated heterocycles. The van der Waals surface area contributed by atoms with Crippen molar-refractivity contribution in [2.75, 3.05) is 18.8 Å². The molecule has 2 aromatic rings. The number of aromatic nitrogens is 1. The van der Waals surface area contributed by atoms with E-state index >= 15 is 0 Å². The van der Waals surface area contributed by atoms with E-state index in [2.05, 4.69) is 11.1 Å². The Morgan fingerprint density at radius 2 is 2.08 bits per heavy atom. The van der Waals surface area contributed by atoms with Gasteiger partial charge in [-0.15, -0.1) is 0 Å². The number of hydrogen-bond donors (Lipinski definition) is 2. The van der Waals surface area contributed by atoms with Crippen molar-refractivity contribution in [3.05, 3.63) is 35.0 Å². The van der Waals surface area contributed by atoms with Gasteiger partial charge in [0.2, 0.25) is 10.0 Å². The van der Waals surface area contributed by atoms with Crippen LogP contribution in [0.5, 0.6) is 0 Å². The number of H-pyrrole nitrogens is 1. The molecule has 1 aliphatic carbocycles. The minimum Gasteiger partial charge on any atom is -0.358 e. The number of nitrogens with zero attached hydrogens (tertiary/aromatic N) is 1. The number of para-hydroxylation sites is 1. The van der Waals surface area contributed by atoms with Crippen LogP contribution in [0.15, 0.2) is 18.2 Å². The highest BCUT2D eigenvalue weighted by Gasteiger charge is 2.30. The average Bonchev–Trinajstić information content (AvgIpc) is 3.16. The maximum Gasteiger partial charge on any atom is 0.255 e. The van der Waals surface area contributed by atoms with Gasteiger partial charge in [-0.05, 0) is 49.7 Å². The van der Waals surface area contributed by atoms with E-state index in [1.54, 1.807) is 4.90 Å². The van der Waals surface area contributed by atoms with Crippen LogP contribution in [0.1, 0.15) is 40.9 Å². The van der Waals surface area contributed by atoms with Crippen molar-refractivity contribution in [3.8, 4) is 0 Å². The summed E-state index contributed by atoms with van der Waals surface area (Å²) in [5.74, 6) is -0.159. The number of benzene rings is 1. The van der Waals surface area contributed by atoms with Crippen LogP contribution >= 0.6 is 0 Å². The highest BCUT2D eigenvalue weighted by molar-refractivity contribution is 7.89. The third-order valence-corrected chi connectivity index (χ3v) is 6.34. The monoisotopic (exact) mass is 361 g/mol. The van der Waals surface area contributed by atoms with E-state index in [1.807, 2.05) is 12.1 Å². The van der Waals surface area contributed by atoms with Crippen LogP contribution in [0.2, 0.25) is 0 Å². The molecule has 0 radical (unpaired) electrons. The van der Waals surface area contributed by atoms with Crippen molar-refractivity contribution in [1.82, 2.24) is 9.88 Å². The van der Waals surface area contributed by atoms with Gasteiger partial charge in [0.1, 0.15) is 0 Å². The van der Waals surface area contributed by atoms with Crippen LogP contribution in [0.25, 0.3) is 10.9 Å². The molecule has 25 heavy (non-hydrogen) atoms. The van der Waals surface area contributed by atoms with Crippen molar-refractivity contribution in [2.45, 2.75) is 32.1 Å². The van der Waals surface area contributed by atoms with Crippen molar-refractivity contribution < 1.29 is 13.2 Å². The minimum atomic E-state index is -3.50. The van der Waals surface area contributed by atoms with Gasteiger partial charge in [-0.2, -0.15) is 0 Å². The Balaban J connectivity index is 1.62. The van der Waals surface area contributed by atoms with E-state index in [-0.39, 0.29) is 17.6 Å². The van der Waals surface area contributed by atoms with Crippen molar-refractivity contribution >= 4 is 26.8 Å². The Morgan fingerprint density at radius 1 is 1.28 bits per heavy atom. The number of hydrogen-bond acceptors (Lipinski definition) is 3. The molecule has 1 fully saturated rings. The Hall–Kier alpha value is -1.86. The second kappa shape index (κ2) is 6.14. The van der Waals surface area contributed by atoms with Gasteiger partial charge in [0.25, 0.3) is 5.91 Å². The zero-order chi connectivity index (χ0) is 17.6. The lowest BCUT2D eigenvalue weighted by Crippen LogP contribution is -2.31. The summed E-state index contributed by atoms with van der Waals surface area (Å²) in [6, 6.07) is 5.89. The fraction of sp³-hybridized carbons (Fsp3) is 0.500. The first-order chi connectivity index (χ1) is 11.9. The van der Waals surface area contributed by atoms with Crippen LogP contribution in [-0.2, 0) is 22.9 Å². The molecule has 1 aliphatic heterocycles. The number of aromatic amines is 1. The Morgan fingerprint density at radius 3 is 2.88 bits per heavy atom. The fourth-order valence-electron chi connectivity index (χ4n) is 4.26. The lowest BCUT2D eigenvalue weighted by atomic mass is 9.95. The minimum absolute atomic E-state index is 0.0267. The summed E-state index contributed by atoms with van der Waals surface area (Å²) in [4.78, 5) is 18.2. The maximum atomic E-state index is 13.0. The second-order valence-corrected chi connectivity index (χ2v) is 8.91. The van der Waals surface area contributed by atoms with Gasteiger partial charge in [-0.1, -0.05) is 12.1 Å². The first-order valence-electron chi connectivity index (χ1n) is 8.84. The number of likely N-dealkylation sites (tertiary alicyclic amines) is 1. The summed E-state index contributed by atoms with van der Waals surface area (Å²) >= 11 is 0. The van der Waals surface area contributed by atoms with Crippen LogP contribution in [0, 0.1) is 5.92 Å². The molecule has 0 saturated carbocycles. The van der Waals surface area contributed by atoms with E-state index in [0.717, 1.165) is 23.7 Å². The predicted octanol–water partition coefficient (Wildman–Crippen LogP) is 1.80. The molecule has 1 aromatic heterocycles. The van der Waals surface area contributed by atoms with Crippen LogP contribution in [0.4, 0.5) is 0 Å². The zero-order valence-corrected chi connectivity index (χ0v) is 14.9. The first-order valence-corrected chi connectivity index (χ1v) is 10.6. The number of nitrogens with two attached hydrogens (primary N) is 1. The normalized spacial score (nSPS) is 20.8. The van der Waals surface area contributed by atoms with E-state index in [0.29, 0.717) is 25.1 Å². The van der Waals surface area contributed by atoms with Gasteiger partial charge in [0.05, 0.1) is 16.8 Å². The van der Waals surface area contributed by atoms with Gasteiger partial charge < -0.3 is 9.88 Å². The lowest BCUT2D eigenvalue weighted by Gasteiger charge is -2.17. The summed E-state index contributed by atoms with van der Waals surface area (Å²) in [5.41, 5.74) is 4.22. The molecular weight excluding hydrogens is 338 g/mol. The largest absolute Gasteiger partial charge is 0.358 e. The predicted molar refractivity (Wildman–Crippen MR) is 96.9 cm³/mol. The smallest absolute Gasteiger partial charge is 0.255 e. The Kier molecular flexibility index (Phi) is 4.08. The quantitative estimate of drug-likeness (QED) is 0.872. The summed E-state index contributed by atoms with van der Waals surface area (Å²) in [6.45, 7) is 1.03. The molecule has 1 aromatic carbocycles. The van der Waals surface area contributed by atoms with E-state index in [9.17, 15) is 13.2 Å². The van der Waals surface area contributed by atoms with Crippen molar-refractivity contribution in [3.63, 3.8) is 0 Å². The summed E-state index contributed by atoms with van der Waals surface area (Å²) in [7, 11) is -3.50. The lowest BCUT2D eigenvalue weighted by molar-refractivity contribution is 0.0790. The molecule has 0 unspecified atom stereocenters. The van der Waals surface area contributed by atoms with E-state index < -0.39 is 10.0 Å². The van der Waals surface area contributed by atoms with E-state index in [4.69, 9.17) is 5.14 Å². The molecule has 134 valence electrons. The first kappa shape index (κ1) is 16.6. The van der Waals surface area contributed by atoms with Gasteiger partial charge >= 0.3 is 0 Å². The SMILES string of the molecule is NS(=O)(=O)C[C@@H]1CCN(C(=O)c2cccc3c4c([nH]c23)CCCC4)C1. The topological polar surface area (TPSA) is 96.3 Å². The molecule has 7 heteroatoms. The number of sulfonamides is 1. The van der Waals surface area contributed by atoms with Gasteiger partial charge in [0.15, 0.2) is 0 Å². The van der Waals surface area contributed by atoms with Gasteiger partial charge in [-0.3, -0.25) is 4.79 Å². The number of carbonyl (C=O) groups is 1. The zero-order valence-electron chi connectivity index (χ0n) is 14.1. The summed E-state index contributed by atoms with van der Waals surface area (Å²) in [5, 5.41) is 6.30. The van der Waals surface area contributed by atoms with Crippen molar-refractivity contribution in [1.29, 1.82) is 0 Å². The molecule has 3 N–H and O–H groups in total. The van der Waals surface area contributed by atoms with Crippen LogP contribution < -0.4 is 5.14 Å². The van der Waals surface area contributed by atoms with Crippen LogP contribution in [-0.4, -0.2) is 43.1 Å². The fourth-order valence-corrected chi connectivity index (χ4v) is 5.19. The Bertz CT molecular complexity index is 932. The molecule has 0 spiro atoms. The van der Waals surface area contributed by atoms with Gasteiger partial charge in [0, 0.05) is 24.2 Å². The van der Waals surface area contributed by atoms with Gasteiger partial charge in [-0.25, -0.2) is 13.6 Å². The molecule has 4 rings (SSSR count). The van der Waals surface area contributed by atoms with E-state index in [1.165, 1.54) is 24.1 Å². The number of primary sulfonamides is 1. The highest BCUT2D eigenvalue weighted by Crippen LogP contribution is 2.31.